The van der Waals surface area contributed by atoms with Gasteiger partial charge in [0.1, 0.15) is 0 Å². The van der Waals surface area contributed by atoms with Gasteiger partial charge in [0, 0.05) is 13.1 Å². The normalized spacial score (nSPS) is 22.2. The SMILES string of the molecule is FC(F)(F)C(F)(F)S(F)(F)N1CCOCC1. The first-order chi connectivity index (χ1) is 7.11. The molecule has 0 radical (unpaired) electrons. The van der Waals surface area contributed by atoms with Crippen LogP contribution in [0.1, 0.15) is 0 Å². The number of ether oxygens (including phenoxy) is 1. The third-order valence-corrected chi connectivity index (χ3v) is 3.79. The zero-order chi connectivity index (χ0) is 12.6. The molecule has 0 aromatic carbocycles. The smallest absolute Gasteiger partial charge is 0.379 e. The molecule has 1 rings (SSSR count). The molecule has 1 saturated heterocycles. The van der Waals surface area contributed by atoms with Gasteiger partial charge in [-0.15, -0.1) is 7.77 Å². The monoisotopic (exact) mass is 275 g/mol. The first-order valence-electron chi connectivity index (χ1n) is 4.10. The number of halogens is 7. The molecule has 16 heavy (non-hydrogen) atoms. The molecule has 0 aromatic rings. The molecule has 2 nitrogen and oxygen atoms in total. The maximum Gasteiger partial charge on any atom is 0.468 e. The van der Waals surface area contributed by atoms with E-state index >= 15 is 0 Å². The van der Waals surface area contributed by atoms with E-state index in [2.05, 4.69) is 4.74 Å². The third kappa shape index (κ3) is 2.23. The Kier molecular flexibility index (Phi) is 3.65. The topological polar surface area (TPSA) is 12.5 Å². The Morgan fingerprint density at radius 1 is 0.938 bits per heavy atom. The van der Waals surface area contributed by atoms with Crippen molar-refractivity contribution < 1.29 is 34.5 Å². The van der Waals surface area contributed by atoms with Crippen molar-refractivity contribution in [1.82, 2.24) is 4.31 Å². The van der Waals surface area contributed by atoms with Crippen LogP contribution in [0.5, 0.6) is 0 Å². The molecule has 0 unspecified atom stereocenters. The summed E-state index contributed by atoms with van der Waals surface area (Å²) in [6.45, 7) is -1.82. The van der Waals surface area contributed by atoms with E-state index in [-0.39, 0.29) is 17.5 Å². The molecule has 0 amide bonds. The molecule has 0 aliphatic carbocycles. The Morgan fingerprint density at radius 3 is 1.75 bits per heavy atom. The minimum absolute atomic E-state index is 0.135. The van der Waals surface area contributed by atoms with Crippen molar-refractivity contribution in [2.24, 2.45) is 0 Å². The summed E-state index contributed by atoms with van der Waals surface area (Å²) in [6, 6.07) is 0. The van der Waals surface area contributed by atoms with E-state index in [0.717, 1.165) is 0 Å². The molecule has 0 N–H and O–H groups in total. The summed E-state index contributed by atoms with van der Waals surface area (Å²) in [5.41, 5.74) is 0. The largest absolute Gasteiger partial charge is 0.468 e. The summed E-state index contributed by atoms with van der Waals surface area (Å²) >= 11 is 0. The summed E-state index contributed by atoms with van der Waals surface area (Å²) in [5, 5.41) is -5.99. The van der Waals surface area contributed by atoms with Crippen LogP contribution in [0.2, 0.25) is 0 Å². The molecule has 0 aromatic heterocycles. The Morgan fingerprint density at radius 2 is 1.38 bits per heavy atom. The third-order valence-electron chi connectivity index (χ3n) is 1.93. The average molecular weight is 275 g/mol. The molecule has 98 valence electrons. The maximum atomic E-state index is 13.1. The minimum atomic E-state index is -6.25. The molecule has 0 atom stereocenters. The van der Waals surface area contributed by atoms with Gasteiger partial charge in [0.05, 0.1) is 13.2 Å². The van der Waals surface area contributed by atoms with E-state index < -0.39 is 35.5 Å². The van der Waals surface area contributed by atoms with Crippen molar-refractivity contribution in [1.29, 1.82) is 0 Å². The lowest BCUT2D eigenvalue weighted by Gasteiger charge is -2.40. The highest BCUT2D eigenvalue weighted by Crippen LogP contribution is 2.71. The van der Waals surface area contributed by atoms with E-state index in [1.54, 1.807) is 0 Å². The lowest BCUT2D eigenvalue weighted by atomic mass is 10.5. The molecule has 1 fully saturated rings. The Balaban J connectivity index is 2.90. The summed E-state index contributed by atoms with van der Waals surface area (Å²) in [6.07, 6.45) is -6.25. The van der Waals surface area contributed by atoms with Gasteiger partial charge < -0.3 is 4.74 Å². The molecule has 1 aliphatic heterocycles. The van der Waals surface area contributed by atoms with Crippen molar-refractivity contribution in [2.45, 2.75) is 11.4 Å². The van der Waals surface area contributed by atoms with Crippen LogP contribution >= 0.6 is 11.0 Å². The van der Waals surface area contributed by atoms with Crippen molar-refractivity contribution in [3.8, 4) is 0 Å². The van der Waals surface area contributed by atoms with Gasteiger partial charge in [0.15, 0.2) is 11.0 Å². The van der Waals surface area contributed by atoms with Gasteiger partial charge in [-0.3, -0.25) is 0 Å². The van der Waals surface area contributed by atoms with Crippen molar-refractivity contribution in [2.75, 3.05) is 26.3 Å². The van der Waals surface area contributed by atoms with E-state index in [4.69, 9.17) is 0 Å². The fourth-order valence-electron chi connectivity index (χ4n) is 1.08. The number of hydrogen-bond acceptors (Lipinski definition) is 2. The first-order valence-corrected chi connectivity index (χ1v) is 5.49. The highest BCUT2D eigenvalue weighted by molar-refractivity contribution is 8.24. The van der Waals surface area contributed by atoms with Crippen LogP contribution in [0.15, 0.2) is 0 Å². The fraction of sp³-hybridized carbons (Fsp3) is 1.00. The number of rotatable bonds is 2. The Hall–Kier alpha value is -0.220. The molecular weight excluding hydrogens is 267 g/mol. The summed E-state index contributed by atoms with van der Waals surface area (Å²) in [5.74, 6) is 0. The Labute approximate surface area is 88.4 Å². The maximum absolute atomic E-state index is 13.1. The Bertz CT molecular complexity index is 250. The summed E-state index contributed by atoms with van der Waals surface area (Å²) < 4.78 is 91.2. The second-order valence-corrected chi connectivity index (χ2v) is 4.91. The predicted octanol–water partition coefficient (Wildman–Crippen LogP) is 2.96. The van der Waals surface area contributed by atoms with Crippen molar-refractivity contribution in [3.63, 3.8) is 0 Å². The number of nitrogens with zero attached hydrogens (tertiary/aromatic N) is 1. The highest BCUT2D eigenvalue weighted by Gasteiger charge is 2.72. The van der Waals surface area contributed by atoms with Gasteiger partial charge in [-0.05, 0) is 0 Å². The zero-order valence-corrected chi connectivity index (χ0v) is 8.55. The van der Waals surface area contributed by atoms with Gasteiger partial charge in [0.25, 0.3) is 0 Å². The van der Waals surface area contributed by atoms with Crippen LogP contribution in [-0.4, -0.2) is 42.0 Å². The predicted molar refractivity (Wildman–Crippen MR) is 43.2 cm³/mol. The molecule has 1 aliphatic rings. The highest BCUT2D eigenvalue weighted by atomic mass is 32.3. The molecule has 10 heteroatoms. The number of hydrogen-bond donors (Lipinski definition) is 0. The molecule has 1 heterocycles. The van der Waals surface area contributed by atoms with E-state index in [1.807, 2.05) is 0 Å². The molecule has 0 bridgehead atoms. The van der Waals surface area contributed by atoms with Gasteiger partial charge >= 0.3 is 11.4 Å². The van der Waals surface area contributed by atoms with Crippen LogP contribution < -0.4 is 0 Å². The van der Waals surface area contributed by atoms with E-state index in [9.17, 15) is 29.7 Å². The van der Waals surface area contributed by atoms with Gasteiger partial charge in [-0.1, -0.05) is 0 Å². The van der Waals surface area contributed by atoms with Gasteiger partial charge in [0.2, 0.25) is 0 Å². The lowest BCUT2D eigenvalue weighted by molar-refractivity contribution is -0.244. The van der Waals surface area contributed by atoms with Crippen LogP contribution in [0, 0.1) is 0 Å². The summed E-state index contributed by atoms with van der Waals surface area (Å²) in [4.78, 5) is 0. The van der Waals surface area contributed by atoms with E-state index in [0.29, 0.717) is 0 Å². The standard InChI is InChI=1S/C6H8F7NOS/c7-5(8,9)6(10,11)16(12,13)14-1-3-15-4-2-14/h1-4H2. The summed E-state index contributed by atoms with van der Waals surface area (Å²) in [7, 11) is -6.22. The molecular formula is C6H8F7NOS. The number of morpholine rings is 1. The van der Waals surface area contributed by atoms with Crippen LogP contribution in [-0.2, 0) is 4.74 Å². The van der Waals surface area contributed by atoms with E-state index in [1.165, 1.54) is 0 Å². The number of alkyl halides is 5. The quantitative estimate of drug-likeness (QED) is 0.718. The zero-order valence-electron chi connectivity index (χ0n) is 7.74. The van der Waals surface area contributed by atoms with Gasteiger partial charge in [-0.25, -0.2) is 4.31 Å². The second-order valence-electron chi connectivity index (χ2n) is 3.00. The fourth-order valence-corrected chi connectivity index (χ4v) is 2.29. The van der Waals surface area contributed by atoms with Crippen molar-refractivity contribution in [3.05, 3.63) is 0 Å². The first kappa shape index (κ1) is 13.8. The second kappa shape index (κ2) is 4.22. The van der Waals surface area contributed by atoms with Crippen LogP contribution in [0.25, 0.3) is 0 Å². The molecule has 0 saturated carbocycles. The molecule has 0 spiro atoms. The van der Waals surface area contributed by atoms with Crippen molar-refractivity contribution >= 4 is 11.0 Å². The van der Waals surface area contributed by atoms with Gasteiger partial charge in [-0.2, -0.15) is 22.0 Å². The van der Waals surface area contributed by atoms with Crippen LogP contribution in [0.3, 0.4) is 0 Å². The minimum Gasteiger partial charge on any atom is -0.379 e. The average Bonchev–Trinajstić information content (AvgIpc) is 2.17. The lowest BCUT2D eigenvalue weighted by Crippen LogP contribution is -2.47. The van der Waals surface area contributed by atoms with Crippen LogP contribution in [0.4, 0.5) is 29.7 Å².